The first-order valence-electron chi connectivity index (χ1n) is 9.96. The van der Waals surface area contributed by atoms with Crippen LogP contribution in [0.15, 0.2) is 12.1 Å². The van der Waals surface area contributed by atoms with Gasteiger partial charge < -0.3 is 29.7 Å². The molecule has 1 aromatic carbocycles. The van der Waals surface area contributed by atoms with Crippen LogP contribution in [0.3, 0.4) is 0 Å². The standard InChI is InChI=1S/C20H28N2O7/c1-28-16-11-13-15(12-17(16)29-10-5-3-2-4-9-23)22(20(26)27)19(25)14-7-6-8-21(14)18(13)24/h11-12,14,19,23,25H,2-10H2,1H3,(H,26,27). The topological polar surface area (TPSA) is 120 Å². The van der Waals surface area contributed by atoms with E-state index in [1.54, 1.807) is 0 Å². The number of methoxy groups -OCH3 is 1. The number of benzene rings is 1. The molecule has 160 valence electrons. The summed E-state index contributed by atoms with van der Waals surface area (Å²) in [6.45, 7) is 1.03. The second-order valence-electron chi connectivity index (χ2n) is 7.28. The first-order valence-corrected chi connectivity index (χ1v) is 9.96. The molecular weight excluding hydrogens is 380 g/mol. The van der Waals surface area contributed by atoms with Crippen LogP contribution in [0.5, 0.6) is 11.5 Å². The second-order valence-corrected chi connectivity index (χ2v) is 7.28. The molecule has 1 aromatic rings. The van der Waals surface area contributed by atoms with Crippen molar-refractivity contribution in [2.24, 2.45) is 0 Å². The van der Waals surface area contributed by atoms with Crippen molar-refractivity contribution in [1.29, 1.82) is 0 Å². The third-order valence-corrected chi connectivity index (χ3v) is 5.46. The van der Waals surface area contributed by atoms with Crippen molar-refractivity contribution in [3.05, 3.63) is 17.7 Å². The van der Waals surface area contributed by atoms with E-state index in [0.717, 1.165) is 30.6 Å². The lowest BCUT2D eigenvalue weighted by molar-refractivity contribution is 0.0511. The van der Waals surface area contributed by atoms with Gasteiger partial charge in [-0.3, -0.25) is 4.79 Å². The molecule has 2 heterocycles. The Morgan fingerprint density at radius 2 is 1.97 bits per heavy atom. The molecule has 0 saturated carbocycles. The molecular formula is C20H28N2O7. The van der Waals surface area contributed by atoms with Crippen molar-refractivity contribution in [2.75, 3.05) is 31.8 Å². The molecule has 1 fully saturated rings. The molecule has 0 spiro atoms. The summed E-state index contributed by atoms with van der Waals surface area (Å²) in [6, 6.07) is 2.37. The Bertz CT molecular complexity index is 755. The highest BCUT2D eigenvalue weighted by molar-refractivity contribution is 6.05. The number of unbranched alkanes of at least 4 members (excludes halogenated alkanes) is 3. The molecule has 9 nitrogen and oxygen atoms in total. The minimum Gasteiger partial charge on any atom is -0.493 e. The molecule has 3 N–H and O–H groups in total. The van der Waals surface area contributed by atoms with E-state index in [-0.39, 0.29) is 23.8 Å². The first-order chi connectivity index (χ1) is 14.0. The lowest BCUT2D eigenvalue weighted by atomic mass is 10.1. The second kappa shape index (κ2) is 9.32. The van der Waals surface area contributed by atoms with Gasteiger partial charge in [0.05, 0.1) is 31.0 Å². The summed E-state index contributed by atoms with van der Waals surface area (Å²) < 4.78 is 11.2. The number of fused-ring (bicyclic) bond motifs is 2. The van der Waals surface area contributed by atoms with E-state index in [9.17, 15) is 19.8 Å². The number of carbonyl (C=O) groups is 2. The smallest absolute Gasteiger partial charge is 0.414 e. The lowest BCUT2D eigenvalue weighted by Gasteiger charge is -2.30. The average Bonchev–Trinajstić information content (AvgIpc) is 3.17. The summed E-state index contributed by atoms with van der Waals surface area (Å²) in [4.78, 5) is 27.4. The maximum absolute atomic E-state index is 13.1. The average molecular weight is 408 g/mol. The van der Waals surface area contributed by atoms with Crippen molar-refractivity contribution in [2.45, 2.75) is 50.8 Å². The first kappa shape index (κ1) is 21.2. The van der Waals surface area contributed by atoms with Crippen LogP contribution in [0.1, 0.15) is 48.9 Å². The van der Waals surface area contributed by atoms with Crippen molar-refractivity contribution in [1.82, 2.24) is 4.90 Å². The summed E-state index contributed by atoms with van der Waals surface area (Å²) in [5.41, 5.74) is 0.267. The van der Waals surface area contributed by atoms with Gasteiger partial charge in [0, 0.05) is 19.2 Å². The fraction of sp³-hybridized carbons (Fsp3) is 0.600. The number of aliphatic hydroxyl groups is 2. The number of anilines is 1. The van der Waals surface area contributed by atoms with Crippen molar-refractivity contribution < 1.29 is 34.4 Å². The Morgan fingerprint density at radius 1 is 1.21 bits per heavy atom. The Morgan fingerprint density at radius 3 is 2.66 bits per heavy atom. The largest absolute Gasteiger partial charge is 0.493 e. The van der Waals surface area contributed by atoms with E-state index >= 15 is 0 Å². The van der Waals surface area contributed by atoms with E-state index in [4.69, 9.17) is 14.6 Å². The number of ether oxygens (including phenoxy) is 2. The number of amides is 2. The summed E-state index contributed by atoms with van der Waals surface area (Å²) in [6.07, 6.45) is 1.87. The lowest BCUT2D eigenvalue weighted by Crippen LogP contribution is -2.50. The van der Waals surface area contributed by atoms with Crippen molar-refractivity contribution in [3.63, 3.8) is 0 Å². The van der Waals surface area contributed by atoms with Gasteiger partial charge in [-0.05, 0) is 38.2 Å². The number of hydrogen-bond donors (Lipinski definition) is 3. The van der Waals surface area contributed by atoms with Gasteiger partial charge in [-0.25, -0.2) is 9.69 Å². The summed E-state index contributed by atoms with van der Waals surface area (Å²) in [5, 5.41) is 29.3. The minimum atomic E-state index is -1.35. The van der Waals surface area contributed by atoms with Crippen LogP contribution in [0, 0.1) is 0 Å². The van der Waals surface area contributed by atoms with Crippen LogP contribution in [-0.4, -0.2) is 71.4 Å². The molecule has 2 aliphatic heterocycles. The molecule has 2 amide bonds. The van der Waals surface area contributed by atoms with E-state index in [0.29, 0.717) is 37.5 Å². The fourth-order valence-electron chi connectivity index (χ4n) is 3.98. The Labute approximate surface area is 169 Å². The van der Waals surface area contributed by atoms with Crippen LogP contribution in [0.4, 0.5) is 10.5 Å². The molecule has 2 atom stereocenters. The molecule has 29 heavy (non-hydrogen) atoms. The molecule has 2 unspecified atom stereocenters. The highest BCUT2D eigenvalue weighted by atomic mass is 16.5. The quantitative estimate of drug-likeness (QED) is 0.563. The summed E-state index contributed by atoms with van der Waals surface area (Å²) >= 11 is 0. The number of hydrogen-bond acceptors (Lipinski definition) is 6. The molecule has 0 aromatic heterocycles. The van der Waals surface area contributed by atoms with Crippen LogP contribution in [0.2, 0.25) is 0 Å². The van der Waals surface area contributed by atoms with Gasteiger partial charge in [-0.1, -0.05) is 6.42 Å². The number of carboxylic acid groups (broad SMARTS) is 1. The number of aliphatic hydroxyl groups excluding tert-OH is 2. The predicted octanol–water partition coefficient (Wildman–Crippen LogP) is 2.05. The number of nitrogens with zero attached hydrogens (tertiary/aromatic N) is 2. The van der Waals surface area contributed by atoms with E-state index in [1.165, 1.54) is 24.1 Å². The van der Waals surface area contributed by atoms with E-state index in [1.807, 2.05) is 0 Å². The molecule has 1 saturated heterocycles. The Balaban J connectivity index is 1.91. The minimum absolute atomic E-state index is 0.0977. The molecule has 0 aliphatic carbocycles. The van der Waals surface area contributed by atoms with Gasteiger partial charge in [0.1, 0.15) is 0 Å². The maximum Gasteiger partial charge on any atom is 0.414 e. The fourth-order valence-corrected chi connectivity index (χ4v) is 3.98. The van der Waals surface area contributed by atoms with Gasteiger partial charge in [0.25, 0.3) is 5.91 Å². The summed E-state index contributed by atoms with van der Waals surface area (Å²) in [5.74, 6) is 0.339. The van der Waals surface area contributed by atoms with Crippen LogP contribution in [-0.2, 0) is 0 Å². The molecule has 0 radical (unpaired) electrons. The van der Waals surface area contributed by atoms with Crippen molar-refractivity contribution >= 4 is 17.7 Å². The maximum atomic E-state index is 13.1. The Hall–Kier alpha value is -2.52. The molecule has 0 bridgehead atoms. The number of carbonyl (C=O) groups excluding carboxylic acids is 1. The van der Waals surface area contributed by atoms with Crippen LogP contribution in [0.25, 0.3) is 0 Å². The highest BCUT2D eigenvalue weighted by Crippen LogP contribution is 2.41. The zero-order valence-corrected chi connectivity index (χ0v) is 16.5. The SMILES string of the molecule is COc1cc2c(cc1OCCCCCCO)N(C(=O)O)C(O)C1CCCN1C2=O. The van der Waals surface area contributed by atoms with E-state index < -0.39 is 18.4 Å². The highest BCUT2D eigenvalue weighted by Gasteiger charge is 2.44. The van der Waals surface area contributed by atoms with Crippen LogP contribution >= 0.6 is 0 Å². The van der Waals surface area contributed by atoms with Gasteiger partial charge in [0.15, 0.2) is 17.7 Å². The monoisotopic (exact) mass is 408 g/mol. The Kier molecular flexibility index (Phi) is 6.81. The van der Waals surface area contributed by atoms with Gasteiger partial charge in [-0.2, -0.15) is 0 Å². The number of rotatable bonds is 8. The zero-order valence-electron chi connectivity index (χ0n) is 16.5. The van der Waals surface area contributed by atoms with Gasteiger partial charge in [-0.15, -0.1) is 0 Å². The molecule has 9 heteroatoms. The molecule has 2 aliphatic rings. The van der Waals surface area contributed by atoms with Crippen molar-refractivity contribution in [3.8, 4) is 11.5 Å². The van der Waals surface area contributed by atoms with Gasteiger partial charge >= 0.3 is 6.09 Å². The zero-order chi connectivity index (χ0) is 21.0. The molecule has 3 rings (SSSR count). The van der Waals surface area contributed by atoms with Gasteiger partial charge in [0.2, 0.25) is 0 Å². The summed E-state index contributed by atoms with van der Waals surface area (Å²) in [7, 11) is 1.46. The third kappa shape index (κ3) is 4.25. The normalized spacial score (nSPS) is 20.9. The van der Waals surface area contributed by atoms with E-state index in [2.05, 4.69) is 0 Å². The third-order valence-electron chi connectivity index (χ3n) is 5.46. The van der Waals surface area contributed by atoms with Crippen LogP contribution < -0.4 is 14.4 Å². The predicted molar refractivity (Wildman–Crippen MR) is 105 cm³/mol.